The van der Waals surface area contributed by atoms with Gasteiger partial charge in [-0.25, -0.2) is 4.68 Å². The lowest BCUT2D eigenvalue weighted by Crippen LogP contribution is -1.97. The first-order valence-corrected chi connectivity index (χ1v) is 5.46. The molecule has 2 rings (SSSR count). The Morgan fingerprint density at radius 3 is 3.06 bits per heavy atom. The molecule has 94 valence electrons. The fourth-order valence-corrected chi connectivity index (χ4v) is 1.53. The molecule has 0 bridgehead atoms. The molecule has 0 saturated heterocycles. The van der Waals surface area contributed by atoms with Crippen molar-refractivity contribution in [2.75, 3.05) is 7.11 Å². The fraction of sp³-hybridized carbons (Fsp3) is 0.250. The number of hydrogen-bond acceptors (Lipinski definition) is 4. The molecule has 6 heteroatoms. The molecular weight excluding hydrogens is 234 g/mol. The van der Waals surface area contributed by atoms with Gasteiger partial charge in [0.1, 0.15) is 5.75 Å². The highest BCUT2D eigenvalue weighted by molar-refractivity contribution is 5.66. The Kier molecular flexibility index (Phi) is 3.57. The van der Waals surface area contributed by atoms with Gasteiger partial charge in [-0.05, 0) is 12.1 Å². The molecule has 18 heavy (non-hydrogen) atoms. The van der Waals surface area contributed by atoms with Gasteiger partial charge in [0, 0.05) is 12.5 Å². The highest BCUT2D eigenvalue weighted by atomic mass is 16.5. The van der Waals surface area contributed by atoms with Crippen molar-refractivity contribution in [2.24, 2.45) is 0 Å². The monoisotopic (exact) mass is 247 g/mol. The summed E-state index contributed by atoms with van der Waals surface area (Å²) in [7, 11) is 1.60. The smallest absolute Gasteiger partial charge is 0.303 e. The third-order valence-corrected chi connectivity index (χ3v) is 2.45. The Hall–Kier alpha value is -2.37. The van der Waals surface area contributed by atoms with E-state index in [4.69, 9.17) is 9.84 Å². The van der Waals surface area contributed by atoms with Crippen LogP contribution < -0.4 is 4.74 Å². The predicted molar refractivity (Wildman–Crippen MR) is 63.9 cm³/mol. The number of benzene rings is 1. The van der Waals surface area contributed by atoms with Crippen molar-refractivity contribution >= 4 is 5.97 Å². The van der Waals surface area contributed by atoms with Crippen molar-refractivity contribution in [1.29, 1.82) is 0 Å². The highest BCUT2D eigenvalue weighted by Gasteiger charge is 2.05. The van der Waals surface area contributed by atoms with Gasteiger partial charge in [0.15, 0.2) is 0 Å². The van der Waals surface area contributed by atoms with Crippen LogP contribution in [-0.4, -0.2) is 33.2 Å². The lowest BCUT2D eigenvalue weighted by molar-refractivity contribution is -0.136. The fourth-order valence-electron chi connectivity index (χ4n) is 1.53. The van der Waals surface area contributed by atoms with Crippen molar-refractivity contribution in [2.45, 2.75) is 12.8 Å². The molecular formula is C12H13N3O3. The molecule has 1 aromatic heterocycles. The Morgan fingerprint density at radius 1 is 1.50 bits per heavy atom. The normalized spacial score (nSPS) is 10.3. The number of aromatic nitrogens is 3. The number of aliphatic carboxylic acids is 1. The zero-order valence-corrected chi connectivity index (χ0v) is 9.91. The summed E-state index contributed by atoms with van der Waals surface area (Å²) in [5.41, 5.74) is 1.48. The molecule has 0 saturated carbocycles. The average Bonchev–Trinajstić information content (AvgIpc) is 2.85. The van der Waals surface area contributed by atoms with E-state index in [1.165, 1.54) is 0 Å². The van der Waals surface area contributed by atoms with Gasteiger partial charge in [-0.2, -0.15) is 0 Å². The topological polar surface area (TPSA) is 77.2 Å². The van der Waals surface area contributed by atoms with Gasteiger partial charge in [0.05, 0.1) is 31.1 Å². The van der Waals surface area contributed by atoms with Crippen molar-refractivity contribution < 1.29 is 14.6 Å². The summed E-state index contributed by atoms with van der Waals surface area (Å²) >= 11 is 0. The standard InChI is InChI=1S/C12H13N3O3/c1-18-11-4-2-3-10(7-11)15-8-9(13-14-15)5-6-12(16)17/h2-4,7-8H,5-6H2,1H3,(H,16,17). The van der Waals surface area contributed by atoms with Gasteiger partial charge in [-0.15, -0.1) is 5.10 Å². The van der Waals surface area contributed by atoms with E-state index in [9.17, 15) is 4.79 Å². The number of rotatable bonds is 5. The van der Waals surface area contributed by atoms with E-state index in [-0.39, 0.29) is 6.42 Å². The molecule has 0 atom stereocenters. The van der Waals surface area contributed by atoms with E-state index < -0.39 is 5.97 Å². The van der Waals surface area contributed by atoms with Crippen LogP contribution in [0.5, 0.6) is 5.75 Å². The molecule has 2 aromatic rings. The SMILES string of the molecule is COc1cccc(-n2cc(CCC(=O)O)nn2)c1. The second kappa shape index (κ2) is 5.31. The summed E-state index contributed by atoms with van der Waals surface area (Å²) < 4.78 is 6.72. The molecule has 0 amide bonds. The lowest BCUT2D eigenvalue weighted by atomic mass is 10.2. The van der Waals surface area contributed by atoms with Gasteiger partial charge in [-0.1, -0.05) is 11.3 Å². The Bertz CT molecular complexity index is 551. The summed E-state index contributed by atoms with van der Waals surface area (Å²) in [6, 6.07) is 7.40. The van der Waals surface area contributed by atoms with Crippen molar-refractivity contribution in [3.8, 4) is 11.4 Å². The predicted octanol–water partition coefficient (Wildman–Crippen LogP) is 1.29. The second-order valence-corrected chi connectivity index (χ2v) is 3.75. The molecule has 0 fully saturated rings. The molecule has 0 aliphatic carbocycles. The maximum atomic E-state index is 10.5. The van der Waals surface area contributed by atoms with E-state index in [0.29, 0.717) is 12.1 Å². The van der Waals surface area contributed by atoms with Crippen LogP contribution in [0.2, 0.25) is 0 Å². The first-order valence-electron chi connectivity index (χ1n) is 5.46. The first kappa shape index (κ1) is 12.1. The maximum Gasteiger partial charge on any atom is 0.303 e. The minimum atomic E-state index is -0.842. The van der Waals surface area contributed by atoms with E-state index in [0.717, 1.165) is 11.4 Å². The summed E-state index contributed by atoms with van der Waals surface area (Å²) in [5, 5.41) is 16.5. The number of hydrogen-bond donors (Lipinski definition) is 1. The molecule has 0 spiro atoms. The summed E-state index contributed by atoms with van der Waals surface area (Å²) in [4.78, 5) is 10.5. The second-order valence-electron chi connectivity index (χ2n) is 3.75. The number of aryl methyl sites for hydroxylation is 1. The molecule has 6 nitrogen and oxygen atoms in total. The van der Waals surface area contributed by atoms with Crippen molar-refractivity contribution in [3.05, 3.63) is 36.2 Å². The third kappa shape index (κ3) is 2.85. The average molecular weight is 247 g/mol. The van der Waals surface area contributed by atoms with Gasteiger partial charge in [0.2, 0.25) is 0 Å². The molecule has 1 aromatic carbocycles. The van der Waals surface area contributed by atoms with Crippen molar-refractivity contribution in [1.82, 2.24) is 15.0 Å². The van der Waals surface area contributed by atoms with Crippen LogP contribution in [-0.2, 0) is 11.2 Å². The van der Waals surface area contributed by atoms with Gasteiger partial charge < -0.3 is 9.84 Å². The van der Waals surface area contributed by atoms with Crippen LogP contribution in [0.4, 0.5) is 0 Å². The van der Waals surface area contributed by atoms with Crippen LogP contribution in [0.1, 0.15) is 12.1 Å². The van der Waals surface area contributed by atoms with Gasteiger partial charge >= 0.3 is 5.97 Å². The molecule has 0 aliphatic rings. The Labute approximate surface area is 104 Å². The minimum absolute atomic E-state index is 0.0524. The van der Waals surface area contributed by atoms with E-state index in [1.807, 2.05) is 24.3 Å². The van der Waals surface area contributed by atoms with Crippen LogP contribution in [0, 0.1) is 0 Å². The number of carboxylic acid groups (broad SMARTS) is 1. The van der Waals surface area contributed by atoms with E-state index in [1.54, 1.807) is 18.0 Å². The summed E-state index contributed by atoms with van der Waals surface area (Å²) in [5.74, 6) is -0.110. The number of carboxylic acids is 1. The zero-order valence-electron chi connectivity index (χ0n) is 9.91. The highest BCUT2D eigenvalue weighted by Crippen LogP contribution is 2.15. The number of ether oxygens (including phenoxy) is 1. The Morgan fingerprint density at radius 2 is 2.33 bits per heavy atom. The molecule has 0 aliphatic heterocycles. The minimum Gasteiger partial charge on any atom is -0.497 e. The van der Waals surface area contributed by atoms with E-state index >= 15 is 0 Å². The lowest BCUT2D eigenvalue weighted by Gasteiger charge is -2.02. The largest absolute Gasteiger partial charge is 0.497 e. The number of carbonyl (C=O) groups is 1. The van der Waals surface area contributed by atoms with Crippen LogP contribution >= 0.6 is 0 Å². The summed E-state index contributed by atoms with van der Waals surface area (Å²) in [6.07, 6.45) is 2.15. The third-order valence-electron chi connectivity index (χ3n) is 2.45. The van der Waals surface area contributed by atoms with Crippen molar-refractivity contribution in [3.63, 3.8) is 0 Å². The zero-order chi connectivity index (χ0) is 13.0. The Balaban J connectivity index is 2.15. The number of methoxy groups -OCH3 is 1. The van der Waals surface area contributed by atoms with Gasteiger partial charge in [-0.3, -0.25) is 4.79 Å². The van der Waals surface area contributed by atoms with Crippen LogP contribution in [0.15, 0.2) is 30.5 Å². The molecule has 1 N–H and O–H groups in total. The number of nitrogens with zero attached hydrogens (tertiary/aromatic N) is 3. The van der Waals surface area contributed by atoms with Gasteiger partial charge in [0.25, 0.3) is 0 Å². The molecule has 1 heterocycles. The first-order chi connectivity index (χ1) is 8.69. The van der Waals surface area contributed by atoms with E-state index in [2.05, 4.69) is 10.3 Å². The molecule has 0 unspecified atom stereocenters. The van der Waals surface area contributed by atoms with Crippen LogP contribution in [0.3, 0.4) is 0 Å². The van der Waals surface area contributed by atoms with Crippen LogP contribution in [0.25, 0.3) is 5.69 Å². The maximum absolute atomic E-state index is 10.5. The molecule has 0 radical (unpaired) electrons. The summed E-state index contributed by atoms with van der Waals surface area (Å²) in [6.45, 7) is 0. The quantitative estimate of drug-likeness (QED) is 0.861.